The number of nitrogens with zero attached hydrogens (tertiary/aromatic N) is 1. The second-order valence-electron chi connectivity index (χ2n) is 6.78. The summed E-state index contributed by atoms with van der Waals surface area (Å²) in [6.45, 7) is 0. The zero-order valence-corrected chi connectivity index (χ0v) is 15.7. The summed E-state index contributed by atoms with van der Waals surface area (Å²) in [5, 5.41) is 9.71. The molecule has 0 atom stereocenters. The van der Waals surface area contributed by atoms with Crippen molar-refractivity contribution in [2.75, 3.05) is 0 Å². The van der Waals surface area contributed by atoms with E-state index in [1.165, 1.54) is 6.08 Å². The summed E-state index contributed by atoms with van der Waals surface area (Å²) in [4.78, 5) is 24.0. The van der Waals surface area contributed by atoms with E-state index in [1.807, 2.05) is 89.6 Å². The van der Waals surface area contributed by atoms with Gasteiger partial charge in [0.25, 0.3) is 0 Å². The molecule has 142 valence electrons. The summed E-state index contributed by atoms with van der Waals surface area (Å²) >= 11 is 0. The average molecular weight is 381 g/mol. The molecule has 1 N–H and O–H groups in total. The maximum atomic E-state index is 13.1. The quantitative estimate of drug-likeness (QED) is 0.371. The predicted octanol–water partition coefficient (Wildman–Crippen LogP) is 5.15. The lowest BCUT2D eigenvalue weighted by molar-refractivity contribution is -0.131. The van der Waals surface area contributed by atoms with Gasteiger partial charge in [-0.1, -0.05) is 54.6 Å². The standard InChI is InChI=1S/C25H19NO3/c27-24(16-18-7-3-1-4-8-18)22-17-26(20-9-5-2-6-10-20)23-13-11-19(15-21(22)23)12-14-25(28)29/h1-15,17H,16H2,(H,28,29)/b14-12+. The van der Waals surface area contributed by atoms with Gasteiger partial charge in [-0.05, 0) is 41.5 Å². The third-order valence-corrected chi connectivity index (χ3v) is 4.79. The van der Waals surface area contributed by atoms with Crippen molar-refractivity contribution in [3.05, 3.63) is 108 Å². The highest BCUT2D eigenvalue weighted by Crippen LogP contribution is 2.28. The number of ketones is 1. The summed E-state index contributed by atoms with van der Waals surface area (Å²) in [5.41, 5.74) is 4.18. The lowest BCUT2D eigenvalue weighted by Crippen LogP contribution is -2.03. The minimum absolute atomic E-state index is 0.0234. The van der Waals surface area contributed by atoms with E-state index < -0.39 is 5.97 Å². The number of carbonyl (C=O) groups excluding carboxylic acids is 1. The van der Waals surface area contributed by atoms with Crippen LogP contribution in [0.3, 0.4) is 0 Å². The van der Waals surface area contributed by atoms with E-state index in [4.69, 9.17) is 5.11 Å². The lowest BCUT2D eigenvalue weighted by Gasteiger charge is -2.05. The molecular formula is C25H19NO3. The van der Waals surface area contributed by atoms with Crippen molar-refractivity contribution in [1.82, 2.24) is 4.57 Å². The van der Waals surface area contributed by atoms with Gasteiger partial charge < -0.3 is 9.67 Å². The van der Waals surface area contributed by atoms with Crippen LogP contribution in [-0.4, -0.2) is 21.4 Å². The molecule has 4 nitrogen and oxygen atoms in total. The van der Waals surface area contributed by atoms with Gasteiger partial charge in [0.15, 0.2) is 5.78 Å². The number of fused-ring (bicyclic) bond motifs is 1. The van der Waals surface area contributed by atoms with Gasteiger partial charge in [0.05, 0.1) is 5.52 Å². The number of carbonyl (C=O) groups is 2. The molecule has 1 heterocycles. The summed E-state index contributed by atoms with van der Waals surface area (Å²) in [5.74, 6) is -0.984. The number of benzene rings is 3. The summed E-state index contributed by atoms with van der Waals surface area (Å²) in [6.07, 6.45) is 4.81. The van der Waals surface area contributed by atoms with Gasteiger partial charge in [-0.15, -0.1) is 0 Å². The van der Waals surface area contributed by atoms with Gasteiger partial charge in [0.2, 0.25) is 0 Å². The Morgan fingerprint density at radius 1 is 0.897 bits per heavy atom. The minimum atomic E-state index is -1.01. The number of aromatic nitrogens is 1. The molecule has 0 saturated carbocycles. The lowest BCUT2D eigenvalue weighted by atomic mass is 10.0. The molecule has 0 spiro atoms. The maximum Gasteiger partial charge on any atom is 0.328 e. The molecule has 0 bridgehead atoms. The zero-order chi connectivity index (χ0) is 20.2. The van der Waals surface area contributed by atoms with E-state index in [9.17, 15) is 9.59 Å². The highest BCUT2D eigenvalue weighted by atomic mass is 16.4. The Labute approximate surface area is 168 Å². The second-order valence-corrected chi connectivity index (χ2v) is 6.78. The molecule has 4 aromatic rings. The Morgan fingerprint density at radius 3 is 2.28 bits per heavy atom. The van der Waals surface area contributed by atoms with Crippen molar-refractivity contribution in [2.45, 2.75) is 6.42 Å². The molecule has 3 aromatic carbocycles. The van der Waals surface area contributed by atoms with Gasteiger partial charge >= 0.3 is 5.97 Å². The minimum Gasteiger partial charge on any atom is -0.478 e. The van der Waals surface area contributed by atoms with Crippen LogP contribution in [0, 0.1) is 0 Å². The van der Waals surface area contributed by atoms with E-state index in [2.05, 4.69) is 0 Å². The van der Waals surface area contributed by atoms with Crippen molar-refractivity contribution < 1.29 is 14.7 Å². The van der Waals surface area contributed by atoms with Gasteiger partial charge in [0, 0.05) is 35.3 Å². The van der Waals surface area contributed by atoms with E-state index in [0.717, 1.165) is 33.8 Å². The first-order valence-electron chi connectivity index (χ1n) is 9.30. The van der Waals surface area contributed by atoms with Crippen LogP contribution in [-0.2, 0) is 11.2 Å². The highest BCUT2D eigenvalue weighted by Gasteiger charge is 2.16. The number of hydrogen-bond donors (Lipinski definition) is 1. The first-order valence-corrected chi connectivity index (χ1v) is 9.30. The molecular weight excluding hydrogens is 362 g/mol. The van der Waals surface area contributed by atoms with E-state index >= 15 is 0 Å². The zero-order valence-electron chi connectivity index (χ0n) is 15.7. The number of hydrogen-bond acceptors (Lipinski definition) is 2. The third-order valence-electron chi connectivity index (χ3n) is 4.79. The van der Waals surface area contributed by atoms with E-state index in [-0.39, 0.29) is 5.78 Å². The number of para-hydroxylation sites is 1. The Hall–Kier alpha value is -3.92. The number of rotatable bonds is 6. The average Bonchev–Trinajstić information content (AvgIpc) is 3.12. The molecule has 0 fully saturated rings. The van der Waals surface area contributed by atoms with E-state index in [1.54, 1.807) is 0 Å². The second kappa shape index (κ2) is 7.98. The molecule has 4 rings (SSSR count). The van der Waals surface area contributed by atoms with Crippen molar-refractivity contribution in [3.63, 3.8) is 0 Å². The highest BCUT2D eigenvalue weighted by molar-refractivity contribution is 6.09. The van der Waals surface area contributed by atoms with Crippen LogP contribution in [0.25, 0.3) is 22.7 Å². The summed E-state index contributed by atoms with van der Waals surface area (Å²) < 4.78 is 2.00. The maximum absolute atomic E-state index is 13.1. The molecule has 0 aliphatic carbocycles. The first kappa shape index (κ1) is 18.4. The number of carboxylic acids is 1. The van der Waals surface area contributed by atoms with Crippen LogP contribution >= 0.6 is 0 Å². The Morgan fingerprint density at radius 2 is 1.59 bits per heavy atom. The fourth-order valence-corrected chi connectivity index (χ4v) is 3.42. The van der Waals surface area contributed by atoms with Crippen molar-refractivity contribution in [2.24, 2.45) is 0 Å². The summed E-state index contributed by atoms with van der Waals surface area (Å²) in [6, 6.07) is 25.1. The molecule has 0 aliphatic heterocycles. The van der Waals surface area contributed by atoms with Crippen molar-refractivity contribution in [3.8, 4) is 5.69 Å². The third kappa shape index (κ3) is 4.01. The normalized spacial score (nSPS) is 11.2. The molecule has 4 heteroatoms. The Kier molecular flexibility index (Phi) is 5.08. The monoisotopic (exact) mass is 381 g/mol. The topological polar surface area (TPSA) is 59.3 Å². The van der Waals surface area contributed by atoms with Crippen LogP contribution in [0.1, 0.15) is 21.5 Å². The Balaban J connectivity index is 1.83. The molecule has 1 aromatic heterocycles. The van der Waals surface area contributed by atoms with Crippen molar-refractivity contribution >= 4 is 28.7 Å². The number of Topliss-reactive ketones (excluding diaryl/α,β-unsaturated/α-hetero) is 1. The molecule has 0 unspecified atom stereocenters. The largest absolute Gasteiger partial charge is 0.478 e. The molecule has 0 amide bonds. The summed E-state index contributed by atoms with van der Waals surface area (Å²) in [7, 11) is 0. The number of carboxylic acid groups (broad SMARTS) is 1. The molecule has 29 heavy (non-hydrogen) atoms. The van der Waals surface area contributed by atoms with Crippen LogP contribution in [0.15, 0.2) is 91.1 Å². The van der Waals surface area contributed by atoms with Crippen molar-refractivity contribution in [1.29, 1.82) is 0 Å². The smallest absolute Gasteiger partial charge is 0.328 e. The van der Waals surface area contributed by atoms with Crippen LogP contribution in [0.4, 0.5) is 0 Å². The van der Waals surface area contributed by atoms with Gasteiger partial charge in [0.1, 0.15) is 0 Å². The van der Waals surface area contributed by atoms with Gasteiger partial charge in [-0.2, -0.15) is 0 Å². The number of aliphatic carboxylic acids is 1. The molecule has 0 radical (unpaired) electrons. The first-order chi connectivity index (χ1) is 14.1. The fourth-order valence-electron chi connectivity index (χ4n) is 3.42. The molecule has 0 aliphatic rings. The van der Waals surface area contributed by atoms with Gasteiger partial charge in [-0.25, -0.2) is 4.79 Å². The van der Waals surface area contributed by atoms with E-state index in [0.29, 0.717) is 12.0 Å². The fraction of sp³-hybridized carbons (Fsp3) is 0.0400. The van der Waals surface area contributed by atoms with Gasteiger partial charge in [-0.3, -0.25) is 4.79 Å². The Bertz CT molecular complexity index is 1210. The van der Waals surface area contributed by atoms with Crippen LogP contribution in [0.2, 0.25) is 0 Å². The SMILES string of the molecule is O=C(O)/C=C/c1ccc2c(c1)c(C(=O)Cc1ccccc1)cn2-c1ccccc1. The van der Waals surface area contributed by atoms with Crippen LogP contribution < -0.4 is 0 Å². The predicted molar refractivity (Wildman–Crippen MR) is 114 cm³/mol. The molecule has 0 saturated heterocycles. The van der Waals surface area contributed by atoms with Crippen LogP contribution in [0.5, 0.6) is 0 Å².